The Balaban J connectivity index is 0.000000124. The van der Waals surface area contributed by atoms with Gasteiger partial charge < -0.3 is 0 Å². The molecule has 0 bridgehead atoms. The summed E-state index contributed by atoms with van der Waals surface area (Å²) < 4.78 is 4.86. The first-order valence-electron chi connectivity index (χ1n) is 27.2. The molecule has 0 saturated heterocycles. The first kappa shape index (κ1) is 55.0. The van der Waals surface area contributed by atoms with E-state index >= 15 is 0 Å². The molecule has 7 nitrogen and oxygen atoms in total. The zero-order chi connectivity index (χ0) is 55.7. The molecule has 0 aliphatic heterocycles. The molecule has 15 aromatic rings. The summed E-state index contributed by atoms with van der Waals surface area (Å²) in [7, 11) is 1.39. The minimum Gasteiger partial charge on any atom is -0.254 e. The number of benzene rings is 11. The molecular formula is C75H50N4O3RuS. The van der Waals surface area contributed by atoms with Crippen LogP contribution in [0.2, 0.25) is 0 Å². The fourth-order valence-corrected chi connectivity index (χ4v) is 11.4. The molecule has 0 saturated carbocycles. The molecule has 0 N–H and O–H groups in total. The molecule has 0 aliphatic carbocycles. The average molecular weight is 1190 g/mol. The Morgan fingerprint density at radius 2 is 0.571 bits per heavy atom. The van der Waals surface area contributed by atoms with Crippen molar-refractivity contribution in [2.24, 2.45) is 0 Å². The van der Waals surface area contributed by atoms with Crippen LogP contribution in [0.5, 0.6) is 0 Å². The maximum absolute atomic E-state index is 4.86. The van der Waals surface area contributed by atoms with Gasteiger partial charge in [-0.25, -0.2) is 15.7 Å². The van der Waals surface area contributed by atoms with E-state index in [4.69, 9.17) is 4.33 Å². The van der Waals surface area contributed by atoms with Crippen molar-refractivity contribution in [1.29, 1.82) is 0 Å². The van der Waals surface area contributed by atoms with Crippen LogP contribution in [0.3, 0.4) is 0 Å². The summed E-state index contributed by atoms with van der Waals surface area (Å²) >= 11 is 1.08. The molecule has 0 fully saturated rings. The number of hydrogen-bond donors (Lipinski definition) is 0. The molecule has 15 rings (SSSR count). The standard InChI is InChI=1S/C26H16.C25H18N2O3S.C24H16N2.Ru/c1-3-9-19(10-4-1)21-13-7-15-23-24-16-8-14-22(20-11-5-2-6-12-20)26(24)18-17-25(21)23;1-28-29-30-31-19-9-7-18(8-10-19)21-14-16-27-25-23(21)12-11-22-20(13-15-26-24(22)25)17-5-3-2-4-6-17;1-3-7-17(8-4-1)19-13-15-25-23-21(19)11-12-22-20(14-16-26-24(22)23)18-9-5-2-6-10-18;/h1-14,17-18H;2-16H,1H3;1-16H;/q-2;;;+2. The van der Waals surface area contributed by atoms with Crippen molar-refractivity contribution in [3.63, 3.8) is 0 Å². The molecule has 0 unspecified atom stereocenters. The van der Waals surface area contributed by atoms with E-state index in [1.54, 1.807) is 0 Å². The van der Waals surface area contributed by atoms with Gasteiger partial charge in [-0.1, -0.05) is 193 Å². The van der Waals surface area contributed by atoms with E-state index in [0.717, 1.165) is 93.6 Å². The summed E-state index contributed by atoms with van der Waals surface area (Å²) in [6, 6.07) is 96.8. The first-order chi connectivity index (χ1) is 41.2. The van der Waals surface area contributed by atoms with E-state index in [1.165, 1.54) is 62.4 Å². The largest absolute Gasteiger partial charge is 2.00 e. The number of nitrogens with zero attached hydrogens (tertiary/aromatic N) is 4. The number of fused-ring (bicyclic) bond motifs is 9. The maximum Gasteiger partial charge on any atom is 2.00 e. The van der Waals surface area contributed by atoms with E-state index in [9.17, 15) is 0 Å². The van der Waals surface area contributed by atoms with E-state index < -0.39 is 0 Å². The van der Waals surface area contributed by atoms with Gasteiger partial charge >= 0.3 is 19.5 Å². The summed E-state index contributed by atoms with van der Waals surface area (Å²) in [6.07, 6.45) is 7.45. The normalized spacial score (nSPS) is 11.0. The second kappa shape index (κ2) is 25.7. The van der Waals surface area contributed by atoms with Crippen LogP contribution in [0, 0.1) is 12.1 Å². The first-order valence-corrected chi connectivity index (χ1v) is 27.9. The van der Waals surface area contributed by atoms with Gasteiger partial charge in [-0.05, 0) is 92.0 Å². The Labute approximate surface area is 504 Å². The predicted octanol–water partition coefficient (Wildman–Crippen LogP) is 19.7. The van der Waals surface area contributed by atoms with Gasteiger partial charge in [0.05, 0.1) is 41.2 Å². The SMILES string of the molecule is COOOSc1ccc(-c2ccnc3c2ccc2c(-c4ccccc4)ccnc23)cc1.[Ru+2].[c-]1ccc(-c2ccccc2)c2ccc3c(-c4ccccc4)cc[c-]c3c12.c1ccc(-c2ccnc3c2ccc2c(-c4ccccc4)ccnc23)cc1. The van der Waals surface area contributed by atoms with Gasteiger partial charge in [-0.3, -0.25) is 19.9 Å². The minimum atomic E-state index is 0. The molecule has 0 aliphatic rings. The smallest absolute Gasteiger partial charge is 0.254 e. The molecule has 402 valence electrons. The van der Waals surface area contributed by atoms with Crippen LogP contribution in [0.15, 0.2) is 291 Å². The quantitative estimate of drug-likeness (QED) is 0.0255. The van der Waals surface area contributed by atoms with Gasteiger partial charge in [0.2, 0.25) is 0 Å². The molecule has 4 heterocycles. The van der Waals surface area contributed by atoms with Crippen LogP contribution < -0.4 is 0 Å². The molecule has 84 heavy (non-hydrogen) atoms. The Morgan fingerprint density at radius 3 is 0.869 bits per heavy atom. The molecular weight excluding hydrogens is 1140 g/mol. The monoisotopic (exact) mass is 1190 g/mol. The van der Waals surface area contributed by atoms with Crippen molar-refractivity contribution in [3.8, 4) is 66.8 Å². The van der Waals surface area contributed by atoms with Crippen LogP contribution in [-0.2, 0) is 33.7 Å². The summed E-state index contributed by atoms with van der Waals surface area (Å²) in [4.78, 5) is 24.0. The van der Waals surface area contributed by atoms with Crippen molar-refractivity contribution in [2.75, 3.05) is 7.11 Å². The fraction of sp³-hybridized carbons (Fsp3) is 0.0133. The van der Waals surface area contributed by atoms with Crippen LogP contribution in [0.1, 0.15) is 0 Å². The van der Waals surface area contributed by atoms with Gasteiger partial charge in [0.1, 0.15) is 0 Å². The Morgan fingerprint density at radius 1 is 0.298 bits per heavy atom. The second-order valence-electron chi connectivity index (χ2n) is 19.6. The van der Waals surface area contributed by atoms with E-state index in [1.807, 2.05) is 97.6 Å². The maximum atomic E-state index is 4.86. The van der Waals surface area contributed by atoms with E-state index in [0.29, 0.717) is 0 Å². The fourth-order valence-electron chi connectivity index (χ4n) is 11.0. The third-order valence-corrected chi connectivity index (χ3v) is 15.4. The molecule has 4 aromatic heterocycles. The Bertz CT molecular complexity index is 4340. The van der Waals surface area contributed by atoms with Crippen molar-refractivity contribution >= 4 is 77.2 Å². The molecule has 0 amide bonds. The van der Waals surface area contributed by atoms with E-state index in [2.05, 4.69) is 230 Å². The number of aromatic nitrogens is 4. The molecule has 0 atom stereocenters. The van der Waals surface area contributed by atoms with Crippen LogP contribution in [0.25, 0.3) is 132 Å². The molecule has 0 spiro atoms. The van der Waals surface area contributed by atoms with Crippen molar-refractivity contribution in [3.05, 3.63) is 298 Å². The van der Waals surface area contributed by atoms with Gasteiger partial charge in [-0.15, -0.1) is 50.5 Å². The number of rotatable bonds is 10. The number of pyridine rings is 4. The van der Waals surface area contributed by atoms with Crippen molar-refractivity contribution in [2.45, 2.75) is 4.90 Å². The topological polar surface area (TPSA) is 79.2 Å². The zero-order valence-electron chi connectivity index (χ0n) is 45.4. The molecule has 0 radical (unpaired) electrons. The van der Waals surface area contributed by atoms with Crippen LogP contribution >= 0.6 is 12.0 Å². The van der Waals surface area contributed by atoms with Crippen LogP contribution in [0.4, 0.5) is 0 Å². The van der Waals surface area contributed by atoms with E-state index in [-0.39, 0.29) is 19.5 Å². The summed E-state index contributed by atoms with van der Waals surface area (Å²) in [5.74, 6) is 0. The molecule has 11 aromatic carbocycles. The number of hydrogen-bond acceptors (Lipinski definition) is 8. The van der Waals surface area contributed by atoms with Crippen LogP contribution in [-0.4, -0.2) is 27.0 Å². The predicted molar refractivity (Wildman–Crippen MR) is 341 cm³/mol. The molecule has 9 heteroatoms. The van der Waals surface area contributed by atoms with Gasteiger partial charge in [0.25, 0.3) is 0 Å². The third kappa shape index (κ3) is 11.4. The zero-order valence-corrected chi connectivity index (χ0v) is 48.0. The van der Waals surface area contributed by atoms with Gasteiger partial charge in [0.15, 0.2) is 0 Å². The second-order valence-corrected chi connectivity index (χ2v) is 20.4. The summed E-state index contributed by atoms with van der Waals surface area (Å²) in [5.41, 5.74) is 17.9. The summed E-state index contributed by atoms with van der Waals surface area (Å²) in [5, 5.41) is 13.5. The Hall–Kier alpha value is -9.57. The van der Waals surface area contributed by atoms with Crippen molar-refractivity contribution < 1.29 is 33.7 Å². The minimum absolute atomic E-state index is 0. The van der Waals surface area contributed by atoms with Crippen molar-refractivity contribution in [1.82, 2.24) is 19.9 Å². The summed E-state index contributed by atoms with van der Waals surface area (Å²) in [6.45, 7) is 0. The van der Waals surface area contributed by atoms with Gasteiger partial charge in [0, 0.05) is 51.2 Å². The van der Waals surface area contributed by atoms with Gasteiger partial charge in [-0.2, -0.15) is 24.3 Å². The third-order valence-electron chi connectivity index (χ3n) is 14.8. The Kier molecular flexibility index (Phi) is 16.8. The average Bonchev–Trinajstić information content (AvgIpc) is 2.71.